The van der Waals surface area contributed by atoms with Crippen molar-refractivity contribution in [1.29, 1.82) is 0 Å². The maximum atomic E-state index is 10.7. The highest BCUT2D eigenvalue weighted by molar-refractivity contribution is 6.33. The number of ether oxygens (including phenoxy) is 2. The van der Waals surface area contributed by atoms with Crippen molar-refractivity contribution in [3.05, 3.63) is 22.2 Å². The Balaban J connectivity index is 2.36. The molecule has 0 amide bonds. The number of halogens is 1. The van der Waals surface area contributed by atoms with Gasteiger partial charge in [0.1, 0.15) is 13.2 Å². The van der Waals surface area contributed by atoms with E-state index in [0.29, 0.717) is 42.6 Å². The standard InChI is InChI=1S/C14H18ClNO4/c1-2-8-9(10(16)3-4-12(17)18)7-11-14(13(8)15)20-6-5-19-11/h7,10H,2-6,16H2,1H3,(H,17,18). The van der Waals surface area contributed by atoms with Crippen LogP contribution in [0.3, 0.4) is 0 Å². The predicted octanol–water partition coefficient (Wildman–Crippen LogP) is 2.54. The minimum Gasteiger partial charge on any atom is -0.486 e. The fourth-order valence-electron chi connectivity index (χ4n) is 2.33. The molecule has 0 fully saturated rings. The second kappa shape index (κ2) is 6.33. The summed E-state index contributed by atoms with van der Waals surface area (Å²) in [5, 5.41) is 9.28. The number of hydrogen-bond acceptors (Lipinski definition) is 4. The third-order valence-corrected chi connectivity index (χ3v) is 3.73. The van der Waals surface area contributed by atoms with Gasteiger partial charge in [0.2, 0.25) is 0 Å². The van der Waals surface area contributed by atoms with Gasteiger partial charge < -0.3 is 20.3 Å². The summed E-state index contributed by atoms with van der Waals surface area (Å²) in [6, 6.07) is 1.44. The van der Waals surface area contributed by atoms with E-state index in [4.69, 9.17) is 31.9 Å². The van der Waals surface area contributed by atoms with E-state index in [2.05, 4.69) is 0 Å². The van der Waals surface area contributed by atoms with E-state index in [1.807, 2.05) is 13.0 Å². The van der Waals surface area contributed by atoms with Crippen LogP contribution in [0, 0.1) is 0 Å². The summed E-state index contributed by atoms with van der Waals surface area (Å²) in [5.74, 6) is 0.283. The smallest absolute Gasteiger partial charge is 0.303 e. The summed E-state index contributed by atoms with van der Waals surface area (Å²) in [5.41, 5.74) is 7.84. The van der Waals surface area contributed by atoms with Gasteiger partial charge in [0.05, 0.1) is 5.02 Å². The normalized spacial score (nSPS) is 14.9. The van der Waals surface area contributed by atoms with Crippen LogP contribution in [0.1, 0.15) is 36.9 Å². The van der Waals surface area contributed by atoms with Gasteiger partial charge >= 0.3 is 5.97 Å². The maximum absolute atomic E-state index is 10.7. The van der Waals surface area contributed by atoms with E-state index in [1.54, 1.807) is 0 Å². The summed E-state index contributed by atoms with van der Waals surface area (Å²) < 4.78 is 11.1. The van der Waals surface area contributed by atoms with E-state index in [1.165, 1.54) is 0 Å². The van der Waals surface area contributed by atoms with Gasteiger partial charge in [0, 0.05) is 12.5 Å². The van der Waals surface area contributed by atoms with Crippen molar-refractivity contribution in [3.8, 4) is 11.5 Å². The molecule has 3 N–H and O–H groups in total. The lowest BCUT2D eigenvalue weighted by Crippen LogP contribution is -2.19. The first-order chi connectivity index (χ1) is 9.54. The molecule has 110 valence electrons. The van der Waals surface area contributed by atoms with Crippen molar-refractivity contribution >= 4 is 17.6 Å². The van der Waals surface area contributed by atoms with E-state index in [0.717, 1.165) is 11.1 Å². The number of rotatable bonds is 5. The van der Waals surface area contributed by atoms with Gasteiger partial charge in [-0.2, -0.15) is 0 Å². The van der Waals surface area contributed by atoms with Gasteiger partial charge in [-0.05, 0) is 30.0 Å². The molecule has 1 aromatic carbocycles. The zero-order valence-electron chi connectivity index (χ0n) is 11.3. The fraction of sp³-hybridized carbons (Fsp3) is 0.500. The number of fused-ring (bicyclic) bond motifs is 1. The van der Waals surface area contributed by atoms with Crippen molar-refractivity contribution in [1.82, 2.24) is 0 Å². The summed E-state index contributed by atoms with van der Waals surface area (Å²) in [7, 11) is 0. The molecule has 1 heterocycles. The average molecular weight is 300 g/mol. The Morgan fingerprint density at radius 1 is 1.50 bits per heavy atom. The molecule has 20 heavy (non-hydrogen) atoms. The minimum atomic E-state index is -0.859. The number of aliphatic carboxylic acids is 1. The van der Waals surface area contributed by atoms with E-state index in [9.17, 15) is 4.79 Å². The van der Waals surface area contributed by atoms with Crippen LogP contribution >= 0.6 is 11.6 Å². The van der Waals surface area contributed by atoms with E-state index in [-0.39, 0.29) is 12.5 Å². The van der Waals surface area contributed by atoms with Crippen LogP contribution < -0.4 is 15.2 Å². The number of carboxylic acid groups (broad SMARTS) is 1. The molecule has 1 aromatic rings. The van der Waals surface area contributed by atoms with Gasteiger partial charge in [-0.1, -0.05) is 18.5 Å². The fourth-order valence-corrected chi connectivity index (χ4v) is 2.72. The third-order valence-electron chi connectivity index (χ3n) is 3.33. The maximum Gasteiger partial charge on any atom is 0.303 e. The van der Waals surface area contributed by atoms with Crippen molar-refractivity contribution in [2.75, 3.05) is 13.2 Å². The summed E-state index contributed by atoms with van der Waals surface area (Å²) in [6.45, 7) is 2.92. The van der Waals surface area contributed by atoms with E-state index >= 15 is 0 Å². The molecule has 1 unspecified atom stereocenters. The first-order valence-electron chi connectivity index (χ1n) is 6.62. The topological polar surface area (TPSA) is 81.8 Å². The molecule has 1 atom stereocenters. The number of benzene rings is 1. The second-order valence-corrected chi connectivity index (χ2v) is 5.05. The molecule has 6 heteroatoms. The number of nitrogens with two attached hydrogens (primary N) is 1. The summed E-state index contributed by atoms with van der Waals surface area (Å²) >= 11 is 6.36. The van der Waals surface area contributed by atoms with Crippen molar-refractivity contribution < 1.29 is 19.4 Å². The SMILES string of the molecule is CCc1c(C(N)CCC(=O)O)cc2c(c1Cl)OCCO2. The van der Waals surface area contributed by atoms with Gasteiger partial charge in [-0.15, -0.1) is 0 Å². The summed E-state index contributed by atoms with van der Waals surface area (Å²) in [4.78, 5) is 10.7. The Kier molecular flexibility index (Phi) is 4.73. The lowest BCUT2D eigenvalue weighted by atomic mass is 9.95. The lowest BCUT2D eigenvalue weighted by molar-refractivity contribution is -0.137. The van der Waals surface area contributed by atoms with Crippen LogP contribution in [0.15, 0.2) is 6.07 Å². The van der Waals surface area contributed by atoms with Crippen molar-refractivity contribution in [3.63, 3.8) is 0 Å². The monoisotopic (exact) mass is 299 g/mol. The Morgan fingerprint density at radius 3 is 2.85 bits per heavy atom. The van der Waals surface area contributed by atoms with Crippen LogP contribution in [-0.2, 0) is 11.2 Å². The van der Waals surface area contributed by atoms with Crippen LogP contribution in [-0.4, -0.2) is 24.3 Å². The zero-order valence-corrected chi connectivity index (χ0v) is 12.1. The molecule has 0 radical (unpaired) electrons. The quantitative estimate of drug-likeness (QED) is 0.873. The second-order valence-electron chi connectivity index (χ2n) is 4.67. The lowest BCUT2D eigenvalue weighted by Gasteiger charge is -2.24. The largest absolute Gasteiger partial charge is 0.486 e. The Bertz CT molecular complexity index is 518. The number of carboxylic acids is 1. The van der Waals surface area contributed by atoms with Crippen LogP contribution in [0.2, 0.25) is 5.02 Å². The van der Waals surface area contributed by atoms with Crippen LogP contribution in [0.5, 0.6) is 11.5 Å². The first kappa shape index (κ1) is 14.9. The number of hydrogen-bond donors (Lipinski definition) is 2. The molecule has 0 aliphatic carbocycles. The van der Waals surface area contributed by atoms with Gasteiger partial charge in [-0.25, -0.2) is 0 Å². The Labute approximate surface area is 122 Å². The van der Waals surface area contributed by atoms with Gasteiger partial charge in [0.25, 0.3) is 0 Å². The van der Waals surface area contributed by atoms with Crippen molar-refractivity contribution in [2.45, 2.75) is 32.2 Å². The molecule has 1 aliphatic rings. The third kappa shape index (κ3) is 2.99. The highest BCUT2D eigenvalue weighted by Gasteiger charge is 2.23. The zero-order chi connectivity index (χ0) is 14.7. The Hall–Kier alpha value is -1.46. The highest BCUT2D eigenvalue weighted by atomic mass is 35.5. The molecular weight excluding hydrogens is 282 g/mol. The first-order valence-corrected chi connectivity index (χ1v) is 7.00. The highest BCUT2D eigenvalue weighted by Crippen LogP contribution is 2.43. The number of carbonyl (C=O) groups is 1. The molecular formula is C14H18ClNO4. The van der Waals surface area contributed by atoms with Gasteiger partial charge in [-0.3, -0.25) is 4.79 Å². The van der Waals surface area contributed by atoms with E-state index < -0.39 is 5.97 Å². The molecule has 0 aromatic heterocycles. The Morgan fingerprint density at radius 2 is 2.20 bits per heavy atom. The minimum absolute atomic E-state index is 0.0242. The molecule has 1 aliphatic heterocycles. The van der Waals surface area contributed by atoms with Gasteiger partial charge in [0.15, 0.2) is 11.5 Å². The molecule has 2 rings (SSSR count). The average Bonchev–Trinajstić information content (AvgIpc) is 2.44. The molecule has 0 spiro atoms. The predicted molar refractivity (Wildman–Crippen MR) is 75.6 cm³/mol. The molecule has 5 nitrogen and oxygen atoms in total. The molecule has 0 bridgehead atoms. The van der Waals surface area contributed by atoms with Crippen LogP contribution in [0.4, 0.5) is 0 Å². The molecule has 0 saturated heterocycles. The summed E-state index contributed by atoms with van der Waals surface area (Å²) in [6.07, 6.45) is 1.08. The van der Waals surface area contributed by atoms with Crippen molar-refractivity contribution in [2.24, 2.45) is 5.73 Å². The van der Waals surface area contributed by atoms with Crippen LogP contribution in [0.25, 0.3) is 0 Å². The molecule has 0 saturated carbocycles.